The number of carbonyl (C=O) groups excluding carboxylic acids is 1. The van der Waals surface area contributed by atoms with Crippen molar-refractivity contribution in [3.8, 4) is 0 Å². The number of benzene rings is 4. The molecule has 5 heteroatoms. The molecule has 5 aromatic rings. The zero-order valence-electron chi connectivity index (χ0n) is 26.3. The van der Waals surface area contributed by atoms with Gasteiger partial charge in [-0.1, -0.05) is 83.9 Å². The number of hydrogen-bond acceptors (Lipinski definition) is 2. The van der Waals surface area contributed by atoms with Crippen LogP contribution in [-0.2, 0) is 13.1 Å². The van der Waals surface area contributed by atoms with E-state index >= 15 is 0 Å². The molecule has 5 rings (SSSR count). The van der Waals surface area contributed by atoms with Gasteiger partial charge < -0.3 is 30.8 Å². The smallest absolute Gasteiger partial charge is 0.290 e. The maximum absolute atomic E-state index is 14.0. The van der Waals surface area contributed by atoms with Crippen LogP contribution < -0.4 is 17.0 Å². The summed E-state index contributed by atoms with van der Waals surface area (Å²) in [5.74, 6) is 0.429. The second-order valence-electron chi connectivity index (χ2n) is 12.0. The molecule has 0 saturated carbocycles. The number of amides is 1. The summed E-state index contributed by atoms with van der Waals surface area (Å²) < 4.78 is 7.20. The largest absolute Gasteiger partial charge is 1.00 e. The number of para-hydroxylation sites is 1. The highest BCUT2D eigenvalue weighted by molar-refractivity contribution is 5.99. The zero-order chi connectivity index (χ0) is 29.7. The van der Waals surface area contributed by atoms with Crippen molar-refractivity contribution >= 4 is 27.6 Å². The van der Waals surface area contributed by atoms with Crippen LogP contribution >= 0.6 is 0 Å². The second kappa shape index (κ2) is 14.4. The Hall–Kier alpha value is -3.41. The van der Waals surface area contributed by atoms with E-state index in [1.807, 2.05) is 36.1 Å². The minimum Gasteiger partial charge on any atom is -1.00 e. The van der Waals surface area contributed by atoms with Gasteiger partial charge in [0, 0.05) is 29.6 Å². The topological polar surface area (TPSA) is 33.5 Å². The molecule has 0 aliphatic heterocycles. The van der Waals surface area contributed by atoms with Gasteiger partial charge in [0.1, 0.15) is 12.1 Å². The van der Waals surface area contributed by atoms with Crippen molar-refractivity contribution in [3.63, 3.8) is 0 Å². The minimum absolute atomic E-state index is 0. The number of carbonyl (C=O) groups is 1. The van der Waals surface area contributed by atoms with Gasteiger partial charge in [-0.3, -0.25) is 4.79 Å². The summed E-state index contributed by atoms with van der Waals surface area (Å²) in [7, 11) is 0. The highest BCUT2D eigenvalue weighted by Gasteiger charge is 2.26. The molecule has 0 unspecified atom stereocenters. The highest BCUT2D eigenvalue weighted by atomic mass is 79.9. The summed E-state index contributed by atoms with van der Waals surface area (Å²) in [6.45, 7) is 16.6. The van der Waals surface area contributed by atoms with E-state index in [9.17, 15) is 4.79 Å². The molecule has 0 spiro atoms. The Bertz CT molecular complexity index is 1660. The van der Waals surface area contributed by atoms with E-state index in [0.717, 1.165) is 65.6 Å². The monoisotopic (exact) mass is 640 g/mol. The molecule has 43 heavy (non-hydrogen) atoms. The lowest BCUT2D eigenvalue weighted by atomic mass is 10.1. The molecule has 226 valence electrons. The molecule has 0 aliphatic carbocycles. The molecule has 0 atom stereocenters. The fourth-order valence-electron chi connectivity index (χ4n) is 6.47. The fraction of sp³-hybridized carbons (Fsp3) is 0.342. The van der Waals surface area contributed by atoms with Crippen LogP contribution in [0.5, 0.6) is 0 Å². The summed E-state index contributed by atoms with van der Waals surface area (Å²) in [5.41, 5.74) is 6.91. The van der Waals surface area contributed by atoms with E-state index in [4.69, 9.17) is 4.42 Å². The number of rotatable bonds is 12. The third kappa shape index (κ3) is 7.57. The van der Waals surface area contributed by atoms with Crippen molar-refractivity contribution in [2.75, 3.05) is 26.2 Å². The highest BCUT2D eigenvalue weighted by Crippen LogP contribution is 2.27. The maximum atomic E-state index is 14.0. The van der Waals surface area contributed by atoms with Crippen molar-refractivity contribution in [1.82, 2.24) is 4.90 Å². The van der Waals surface area contributed by atoms with Gasteiger partial charge in [0.2, 0.25) is 0 Å². The third-order valence-corrected chi connectivity index (χ3v) is 8.96. The van der Waals surface area contributed by atoms with Gasteiger partial charge in [0.25, 0.3) is 5.91 Å². The van der Waals surface area contributed by atoms with Crippen molar-refractivity contribution in [2.24, 2.45) is 0 Å². The van der Waals surface area contributed by atoms with Gasteiger partial charge in [-0.15, -0.1) is 0 Å². The number of aryl methyl sites for hydroxylation is 3. The average molecular weight is 642 g/mol. The first-order valence-corrected chi connectivity index (χ1v) is 15.5. The van der Waals surface area contributed by atoms with Gasteiger partial charge in [-0.25, -0.2) is 0 Å². The Morgan fingerprint density at radius 2 is 1.44 bits per heavy atom. The summed E-state index contributed by atoms with van der Waals surface area (Å²) in [6.07, 6.45) is 2.01. The Morgan fingerprint density at radius 3 is 2.14 bits per heavy atom. The molecule has 0 bridgehead atoms. The molecule has 0 saturated heterocycles. The Kier molecular flexibility index (Phi) is 10.9. The van der Waals surface area contributed by atoms with E-state index in [2.05, 4.69) is 88.4 Å². The van der Waals surface area contributed by atoms with Crippen LogP contribution in [0.2, 0.25) is 0 Å². The quantitative estimate of drug-likeness (QED) is 0.124. The number of nitrogens with zero attached hydrogens (tertiary/aromatic N) is 2. The molecule has 0 N–H and O–H groups in total. The number of quaternary nitrogens is 1. The Labute approximate surface area is 267 Å². The molecule has 4 aromatic carbocycles. The Morgan fingerprint density at radius 1 is 0.767 bits per heavy atom. The zero-order valence-corrected chi connectivity index (χ0v) is 27.9. The molecular formula is C38H45BrN2O2. The molecular weight excluding hydrogens is 596 g/mol. The lowest BCUT2D eigenvalue weighted by Gasteiger charge is -2.37. The SMILES string of the molecule is CC[N+](CC)(CCCCN(Cc1ccc2ccccc2c1)C(=O)c1oc2ccccc2c1C)Cc1cc(C)cc(C)c1.[Br-]. The molecule has 4 nitrogen and oxygen atoms in total. The van der Waals surface area contributed by atoms with Gasteiger partial charge >= 0.3 is 0 Å². The standard InChI is InChI=1S/C38H45N2O2.BrH/c1-6-40(7-2,27-32-23-28(3)22-29(4)24-32)21-13-12-20-39(26-31-18-19-33-14-8-9-15-34(33)25-31)38(41)37-30(5)35-16-10-11-17-36(35)42-37;/h8-11,14-19,22-25H,6-7,12-13,20-21,26-27H2,1-5H3;1H/q+1;/p-1. The van der Waals surface area contributed by atoms with Crippen LogP contribution in [0.4, 0.5) is 0 Å². The van der Waals surface area contributed by atoms with Crippen molar-refractivity contribution in [2.45, 2.75) is 60.5 Å². The lowest BCUT2D eigenvalue weighted by Crippen LogP contribution is -3.00. The van der Waals surface area contributed by atoms with E-state index in [-0.39, 0.29) is 22.9 Å². The van der Waals surface area contributed by atoms with Crippen LogP contribution in [0.1, 0.15) is 65.1 Å². The molecule has 1 heterocycles. The molecule has 1 amide bonds. The predicted octanol–water partition coefficient (Wildman–Crippen LogP) is 5.99. The van der Waals surface area contributed by atoms with Gasteiger partial charge in [-0.05, 0) is 75.9 Å². The van der Waals surface area contributed by atoms with Gasteiger partial charge in [0.15, 0.2) is 5.76 Å². The fourth-order valence-corrected chi connectivity index (χ4v) is 6.47. The van der Waals surface area contributed by atoms with E-state index < -0.39 is 0 Å². The number of unbranched alkanes of at least 4 members (excludes halogenated alkanes) is 1. The molecule has 0 radical (unpaired) electrons. The number of halogens is 1. The number of furan rings is 1. The molecule has 0 fully saturated rings. The predicted molar refractivity (Wildman–Crippen MR) is 175 cm³/mol. The van der Waals surface area contributed by atoms with Crippen molar-refractivity contribution in [1.29, 1.82) is 0 Å². The Balaban J connectivity index is 0.00000423. The summed E-state index contributed by atoms with van der Waals surface area (Å²) >= 11 is 0. The van der Waals surface area contributed by atoms with E-state index in [1.54, 1.807) is 0 Å². The van der Waals surface area contributed by atoms with Gasteiger partial charge in [0.05, 0.1) is 19.6 Å². The van der Waals surface area contributed by atoms with Crippen LogP contribution in [0.3, 0.4) is 0 Å². The van der Waals surface area contributed by atoms with Crippen LogP contribution in [-0.4, -0.2) is 41.5 Å². The van der Waals surface area contributed by atoms with Crippen LogP contribution in [0.15, 0.2) is 89.3 Å². The summed E-state index contributed by atoms with van der Waals surface area (Å²) in [6, 6.07) is 29.8. The summed E-state index contributed by atoms with van der Waals surface area (Å²) in [5, 5.41) is 3.41. The normalized spacial score (nSPS) is 11.6. The molecule has 1 aromatic heterocycles. The van der Waals surface area contributed by atoms with Gasteiger partial charge in [-0.2, -0.15) is 0 Å². The minimum atomic E-state index is -0.0289. The average Bonchev–Trinajstić information content (AvgIpc) is 3.33. The van der Waals surface area contributed by atoms with Crippen molar-refractivity contribution in [3.05, 3.63) is 119 Å². The molecule has 0 aliphatic rings. The van der Waals surface area contributed by atoms with E-state index in [1.165, 1.54) is 27.5 Å². The third-order valence-electron chi connectivity index (χ3n) is 8.96. The van der Waals surface area contributed by atoms with Crippen LogP contribution in [0, 0.1) is 20.8 Å². The van der Waals surface area contributed by atoms with Crippen LogP contribution in [0.25, 0.3) is 21.7 Å². The van der Waals surface area contributed by atoms with Crippen molar-refractivity contribution < 1.29 is 30.7 Å². The lowest BCUT2D eigenvalue weighted by molar-refractivity contribution is -0.938. The summed E-state index contributed by atoms with van der Waals surface area (Å²) in [4.78, 5) is 16.0. The first-order chi connectivity index (χ1) is 20.3. The second-order valence-corrected chi connectivity index (χ2v) is 12.0. The van der Waals surface area contributed by atoms with E-state index in [0.29, 0.717) is 18.8 Å². The number of fused-ring (bicyclic) bond motifs is 2. The maximum Gasteiger partial charge on any atom is 0.290 e. The first kappa shape index (κ1) is 32.5. The number of hydrogen-bond donors (Lipinski definition) is 0. The first-order valence-electron chi connectivity index (χ1n) is 15.5.